The number of benzene rings is 3. The Morgan fingerprint density at radius 2 is 1.31 bits per heavy atom. The molecule has 5 rings (SSSR count). The van der Waals surface area contributed by atoms with Crippen molar-refractivity contribution in [2.75, 3.05) is 0 Å². The summed E-state index contributed by atoms with van der Waals surface area (Å²) in [4.78, 5) is 0.651. The predicted octanol–water partition coefficient (Wildman–Crippen LogP) is 7.90. The van der Waals surface area contributed by atoms with Crippen LogP contribution in [0.5, 0.6) is 11.5 Å². The van der Waals surface area contributed by atoms with E-state index in [4.69, 9.17) is 4.74 Å². The van der Waals surface area contributed by atoms with Crippen LogP contribution >= 0.6 is 0 Å². The Morgan fingerprint density at radius 3 is 1.92 bits per heavy atom. The molecule has 0 atom stereocenters. The number of hydrogen-bond donors (Lipinski definition) is 1. The molecular weight excluding hydrogens is 468 g/mol. The van der Waals surface area contributed by atoms with Gasteiger partial charge in [0.15, 0.2) is 0 Å². The molecule has 2 fully saturated rings. The van der Waals surface area contributed by atoms with E-state index < -0.39 is 9.84 Å². The lowest BCUT2D eigenvalue weighted by molar-refractivity contribution is 0.306. The first-order valence-corrected chi connectivity index (χ1v) is 14.9. The van der Waals surface area contributed by atoms with E-state index in [0.717, 1.165) is 68.1 Å². The van der Waals surface area contributed by atoms with Gasteiger partial charge in [0.25, 0.3) is 0 Å². The van der Waals surface area contributed by atoms with Crippen molar-refractivity contribution in [2.24, 2.45) is 0 Å². The molecule has 4 nitrogen and oxygen atoms in total. The second kappa shape index (κ2) is 11.1. The maximum Gasteiger partial charge on any atom is 0.206 e. The van der Waals surface area contributed by atoms with E-state index in [-0.39, 0.29) is 22.5 Å². The summed E-state index contributed by atoms with van der Waals surface area (Å²) in [7, 11) is -3.75. The monoisotopic (exact) mass is 504 g/mol. The highest BCUT2D eigenvalue weighted by Crippen LogP contribution is 2.44. The molecule has 3 aromatic carbocycles. The van der Waals surface area contributed by atoms with Crippen molar-refractivity contribution in [3.8, 4) is 11.5 Å². The Bertz CT molecular complexity index is 1250. The summed E-state index contributed by atoms with van der Waals surface area (Å²) in [5.41, 5.74) is 2.65. The summed E-state index contributed by atoms with van der Waals surface area (Å²) in [6.07, 6.45) is 10.8. The molecule has 190 valence electrons. The highest BCUT2D eigenvalue weighted by molar-refractivity contribution is 7.91. The minimum atomic E-state index is -3.75. The number of rotatable bonds is 7. The Kier molecular flexibility index (Phi) is 7.66. The fourth-order valence-electron chi connectivity index (χ4n) is 5.89. The van der Waals surface area contributed by atoms with Gasteiger partial charge >= 0.3 is 0 Å². The van der Waals surface area contributed by atoms with E-state index in [2.05, 4.69) is 0 Å². The average molecular weight is 505 g/mol. The van der Waals surface area contributed by atoms with Crippen LogP contribution in [0.25, 0.3) is 0 Å². The third kappa shape index (κ3) is 5.46. The van der Waals surface area contributed by atoms with Crippen molar-refractivity contribution in [3.05, 3.63) is 83.4 Å². The van der Waals surface area contributed by atoms with Crippen molar-refractivity contribution in [1.29, 1.82) is 0 Å². The summed E-state index contributed by atoms with van der Waals surface area (Å²) in [6.45, 7) is 0.432. The standard InChI is InChI=1S/C31H36O4S/c32-30-20-29(25-14-8-3-9-15-25)31(21-28(30)24-12-6-2-7-13-24)36(33,34)27-18-16-26(17-19-27)35-22-23-10-4-1-5-11-23/h1,4-5,10-11,16-21,24-25,32H,2-3,6-9,12-15,22H2. The SMILES string of the molecule is O=S(=O)(c1ccc(OCc2ccccc2)cc1)c1cc(C2CCCCC2)c(O)cc1C1CCCCC1. The molecule has 2 saturated carbocycles. The Hall–Kier alpha value is -2.79. The van der Waals surface area contributed by atoms with Crippen LogP contribution < -0.4 is 4.74 Å². The highest BCUT2D eigenvalue weighted by atomic mass is 32.2. The number of phenols is 1. The Balaban J connectivity index is 1.47. The Morgan fingerprint density at radius 1 is 0.722 bits per heavy atom. The van der Waals surface area contributed by atoms with Gasteiger partial charge in [-0.15, -0.1) is 0 Å². The number of ether oxygens (including phenoxy) is 1. The van der Waals surface area contributed by atoms with Gasteiger partial charge in [-0.1, -0.05) is 68.9 Å². The molecule has 0 amide bonds. The lowest BCUT2D eigenvalue weighted by Gasteiger charge is -2.28. The number of hydrogen-bond acceptors (Lipinski definition) is 4. The first kappa shape index (κ1) is 24.9. The molecule has 0 saturated heterocycles. The summed E-state index contributed by atoms with van der Waals surface area (Å²) >= 11 is 0. The third-order valence-corrected chi connectivity index (χ3v) is 9.75. The van der Waals surface area contributed by atoms with Gasteiger partial charge in [-0.05, 0) is 90.6 Å². The second-order valence-electron chi connectivity index (χ2n) is 10.4. The van der Waals surface area contributed by atoms with Crippen LogP contribution in [-0.2, 0) is 16.4 Å². The van der Waals surface area contributed by atoms with Crippen molar-refractivity contribution in [3.63, 3.8) is 0 Å². The summed E-state index contributed by atoms with van der Waals surface area (Å²) in [5, 5.41) is 11.0. The van der Waals surface area contributed by atoms with E-state index in [1.807, 2.05) is 36.4 Å². The van der Waals surface area contributed by atoms with E-state index >= 15 is 0 Å². The molecule has 5 heteroatoms. The average Bonchev–Trinajstić information content (AvgIpc) is 2.93. The maximum atomic E-state index is 14.0. The molecule has 2 aliphatic carbocycles. The number of aromatic hydroxyl groups is 1. The van der Waals surface area contributed by atoms with Crippen LogP contribution in [0.2, 0.25) is 0 Å². The van der Waals surface area contributed by atoms with Gasteiger partial charge in [-0.3, -0.25) is 0 Å². The van der Waals surface area contributed by atoms with Crippen molar-refractivity contribution in [1.82, 2.24) is 0 Å². The zero-order valence-electron chi connectivity index (χ0n) is 20.9. The van der Waals surface area contributed by atoms with E-state index in [9.17, 15) is 13.5 Å². The van der Waals surface area contributed by atoms with E-state index in [0.29, 0.717) is 17.3 Å². The van der Waals surface area contributed by atoms with Crippen molar-refractivity contribution in [2.45, 2.75) is 92.4 Å². The minimum Gasteiger partial charge on any atom is -0.508 e. The molecule has 2 aliphatic rings. The minimum absolute atomic E-state index is 0.170. The number of sulfone groups is 1. The zero-order chi connectivity index (χ0) is 25.0. The van der Waals surface area contributed by atoms with Gasteiger partial charge in [-0.2, -0.15) is 0 Å². The second-order valence-corrected chi connectivity index (χ2v) is 12.3. The van der Waals surface area contributed by atoms with Gasteiger partial charge in [0.1, 0.15) is 18.1 Å². The summed E-state index contributed by atoms with van der Waals surface area (Å²) < 4.78 is 33.9. The van der Waals surface area contributed by atoms with Crippen LogP contribution in [0.1, 0.15) is 92.7 Å². The summed E-state index contributed by atoms with van der Waals surface area (Å²) in [5.74, 6) is 1.30. The predicted molar refractivity (Wildman–Crippen MR) is 142 cm³/mol. The van der Waals surface area contributed by atoms with Crippen LogP contribution in [-0.4, -0.2) is 13.5 Å². The topological polar surface area (TPSA) is 63.6 Å². The van der Waals surface area contributed by atoms with E-state index in [1.54, 1.807) is 30.3 Å². The molecular formula is C31H36O4S. The lowest BCUT2D eigenvalue weighted by atomic mass is 9.80. The molecule has 0 bridgehead atoms. The van der Waals surface area contributed by atoms with Crippen LogP contribution in [0, 0.1) is 0 Å². The molecule has 0 aliphatic heterocycles. The fourth-order valence-corrected chi connectivity index (χ4v) is 7.46. The van der Waals surface area contributed by atoms with Crippen LogP contribution in [0.3, 0.4) is 0 Å². The molecule has 0 heterocycles. The highest BCUT2D eigenvalue weighted by Gasteiger charge is 2.30. The smallest absolute Gasteiger partial charge is 0.206 e. The molecule has 0 aromatic heterocycles. The van der Waals surface area contributed by atoms with Crippen LogP contribution in [0.15, 0.2) is 76.5 Å². The quantitative estimate of drug-likeness (QED) is 0.355. The molecule has 0 radical (unpaired) electrons. The van der Waals surface area contributed by atoms with Crippen molar-refractivity contribution >= 4 is 9.84 Å². The zero-order valence-corrected chi connectivity index (χ0v) is 21.7. The van der Waals surface area contributed by atoms with Crippen molar-refractivity contribution < 1.29 is 18.3 Å². The van der Waals surface area contributed by atoms with E-state index in [1.165, 1.54) is 12.8 Å². The van der Waals surface area contributed by atoms with Gasteiger partial charge in [0, 0.05) is 0 Å². The summed E-state index contributed by atoms with van der Waals surface area (Å²) in [6, 6.07) is 20.3. The van der Waals surface area contributed by atoms with Gasteiger partial charge in [0.05, 0.1) is 9.79 Å². The van der Waals surface area contributed by atoms with Gasteiger partial charge in [-0.25, -0.2) is 8.42 Å². The molecule has 0 spiro atoms. The fraction of sp³-hybridized carbons (Fsp3) is 0.419. The molecule has 3 aromatic rings. The van der Waals surface area contributed by atoms with Gasteiger partial charge < -0.3 is 9.84 Å². The number of phenolic OH excluding ortho intramolecular Hbond substituents is 1. The van der Waals surface area contributed by atoms with Gasteiger partial charge in [0.2, 0.25) is 9.84 Å². The lowest BCUT2D eigenvalue weighted by Crippen LogP contribution is -2.14. The van der Waals surface area contributed by atoms with Crippen LogP contribution in [0.4, 0.5) is 0 Å². The molecule has 1 N–H and O–H groups in total. The normalized spacial score (nSPS) is 17.7. The first-order chi connectivity index (χ1) is 17.5. The largest absolute Gasteiger partial charge is 0.508 e. The molecule has 36 heavy (non-hydrogen) atoms. The maximum absolute atomic E-state index is 14.0. The third-order valence-electron chi connectivity index (χ3n) is 7.92. The Labute approximate surface area is 215 Å². The molecule has 0 unspecified atom stereocenters. The first-order valence-electron chi connectivity index (χ1n) is 13.4.